The first-order valence-electron chi connectivity index (χ1n) is 9.57. The summed E-state index contributed by atoms with van der Waals surface area (Å²) in [4.78, 5) is 34.5. The molecule has 1 saturated heterocycles. The normalized spacial score (nSPS) is 18.5. The average molecular weight is 429 g/mol. The standard InChI is InChI=1S/C21H18Cl2N4O2/c22-14-8-7-13(12-15(14)23)19(28)25-9-3-6-18(25)20(29)27-11-10-26-17-5-2-1-4-16(17)24-21(26)27/h1-2,4-5,7-8,12,18H,3,6,9-11H2. The molecular formula is C21H18Cl2N4O2. The Morgan fingerprint density at radius 3 is 2.66 bits per heavy atom. The molecule has 1 fully saturated rings. The average Bonchev–Trinajstić information content (AvgIpc) is 3.44. The van der Waals surface area contributed by atoms with Crippen LogP contribution in [0.1, 0.15) is 23.2 Å². The molecule has 0 N–H and O–H groups in total. The second-order valence-corrected chi connectivity index (χ2v) is 8.14. The summed E-state index contributed by atoms with van der Waals surface area (Å²) in [6.45, 7) is 1.81. The minimum atomic E-state index is -0.497. The number of aromatic nitrogens is 2. The minimum Gasteiger partial charge on any atom is -0.327 e. The van der Waals surface area contributed by atoms with Gasteiger partial charge in [-0.25, -0.2) is 4.98 Å². The van der Waals surface area contributed by atoms with Crippen molar-refractivity contribution in [1.82, 2.24) is 14.5 Å². The van der Waals surface area contributed by atoms with Crippen molar-refractivity contribution in [2.45, 2.75) is 25.4 Å². The van der Waals surface area contributed by atoms with Crippen LogP contribution in [0.4, 0.5) is 5.95 Å². The van der Waals surface area contributed by atoms with Gasteiger partial charge in [-0.05, 0) is 43.2 Å². The van der Waals surface area contributed by atoms with Gasteiger partial charge in [-0.2, -0.15) is 0 Å². The van der Waals surface area contributed by atoms with E-state index in [0.29, 0.717) is 47.6 Å². The molecule has 0 bridgehead atoms. The van der Waals surface area contributed by atoms with Gasteiger partial charge in [0.2, 0.25) is 5.95 Å². The number of amides is 2. The number of hydrogen-bond donors (Lipinski definition) is 0. The van der Waals surface area contributed by atoms with Crippen LogP contribution in [0.5, 0.6) is 0 Å². The topological polar surface area (TPSA) is 58.4 Å². The third-order valence-corrected chi connectivity index (χ3v) is 6.39. The molecule has 29 heavy (non-hydrogen) atoms. The van der Waals surface area contributed by atoms with Crippen molar-refractivity contribution in [2.75, 3.05) is 18.0 Å². The van der Waals surface area contributed by atoms with E-state index in [9.17, 15) is 9.59 Å². The van der Waals surface area contributed by atoms with E-state index in [1.807, 2.05) is 24.3 Å². The van der Waals surface area contributed by atoms with Gasteiger partial charge >= 0.3 is 0 Å². The summed E-state index contributed by atoms with van der Waals surface area (Å²) in [6, 6.07) is 12.2. The van der Waals surface area contributed by atoms with E-state index in [1.54, 1.807) is 28.0 Å². The highest BCUT2D eigenvalue weighted by molar-refractivity contribution is 6.42. The van der Waals surface area contributed by atoms with Crippen molar-refractivity contribution in [3.8, 4) is 0 Å². The molecule has 2 aliphatic heterocycles. The van der Waals surface area contributed by atoms with E-state index in [-0.39, 0.29) is 11.8 Å². The van der Waals surface area contributed by atoms with Crippen LogP contribution in [0.3, 0.4) is 0 Å². The van der Waals surface area contributed by atoms with E-state index in [0.717, 1.165) is 17.5 Å². The van der Waals surface area contributed by atoms with E-state index < -0.39 is 6.04 Å². The predicted octanol–water partition coefficient (Wildman–Crippen LogP) is 3.99. The van der Waals surface area contributed by atoms with Gasteiger partial charge in [-0.1, -0.05) is 35.3 Å². The summed E-state index contributed by atoms with van der Waals surface area (Å²) >= 11 is 12.0. The van der Waals surface area contributed by atoms with Crippen LogP contribution in [-0.4, -0.2) is 45.4 Å². The SMILES string of the molecule is O=C(C1CCCN1C(=O)c1ccc(Cl)c(Cl)c1)N1CCn2c1nc1ccccc12. The largest absolute Gasteiger partial charge is 0.327 e. The quantitative estimate of drug-likeness (QED) is 0.619. The molecule has 0 saturated carbocycles. The first-order valence-corrected chi connectivity index (χ1v) is 10.3. The number of rotatable bonds is 2. The number of fused-ring (bicyclic) bond motifs is 3. The molecule has 148 valence electrons. The van der Waals surface area contributed by atoms with Gasteiger partial charge in [-0.15, -0.1) is 0 Å². The Balaban J connectivity index is 1.43. The van der Waals surface area contributed by atoms with Crippen LogP contribution in [0, 0.1) is 0 Å². The Labute approximate surface area is 177 Å². The van der Waals surface area contributed by atoms with Gasteiger partial charge in [0.1, 0.15) is 6.04 Å². The number of carbonyl (C=O) groups is 2. The highest BCUT2D eigenvalue weighted by atomic mass is 35.5. The number of anilines is 1. The van der Waals surface area contributed by atoms with Crippen LogP contribution in [0.25, 0.3) is 11.0 Å². The molecule has 3 aromatic rings. The number of halogens is 2. The molecule has 2 amide bonds. The van der Waals surface area contributed by atoms with Gasteiger partial charge < -0.3 is 9.47 Å². The third-order valence-electron chi connectivity index (χ3n) is 5.65. The monoisotopic (exact) mass is 428 g/mol. The number of benzene rings is 2. The van der Waals surface area contributed by atoms with E-state index in [1.165, 1.54) is 0 Å². The fraction of sp³-hybridized carbons (Fsp3) is 0.286. The number of carbonyl (C=O) groups excluding carboxylic acids is 2. The number of nitrogens with zero attached hydrogens (tertiary/aromatic N) is 4. The molecule has 0 radical (unpaired) electrons. The highest BCUT2D eigenvalue weighted by Gasteiger charge is 2.40. The zero-order chi connectivity index (χ0) is 20.1. The Morgan fingerprint density at radius 2 is 1.83 bits per heavy atom. The van der Waals surface area contributed by atoms with Crippen LogP contribution >= 0.6 is 23.2 Å². The smallest absolute Gasteiger partial charge is 0.254 e. The molecule has 5 rings (SSSR count). The third kappa shape index (κ3) is 2.98. The maximum Gasteiger partial charge on any atom is 0.254 e. The maximum absolute atomic E-state index is 13.4. The van der Waals surface area contributed by atoms with Gasteiger partial charge in [0, 0.05) is 25.2 Å². The lowest BCUT2D eigenvalue weighted by molar-refractivity contribution is -0.122. The zero-order valence-electron chi connectivity index (χ0n) is 15.5. The van der Waals surface area contributed by atoms with Crippen molar-refractivity contribution < 1.29 is 9.59 Å². The van der Waals surface area contributed by atoms with Crippen molar-refractivity contribution in [3.63, 3.8) is 0 Å². The van der Waals surface area contributed by atoms with Crippen LogP contribution in [0.15, 0.2) is 42.5 Å². The van der Waals surface area contributed by atoms with Crippen molar-refractivity contribution >= 4 is 52.0 Å². The van der Waals surface area contributed by atoms with E-state index in [4.69, 9.17) is 23.2 Å². The molecule has 2 aromatic carbocycles. The molecule has 1 aromatic heterocycles. The van der Waals surface area contributed by atoms with Crippen LogP contribution in [-0.2, 0) is 11.3 Å². The zero-order valence-corrected chi connectivity index (χ0v) is 17.0. The first kappa shape index (κ1) is 18.5. The van der Waals surface area contributed by atoms with Crippen molar-refractivity contribution in [2.24, 2.45) is 0 Å². The summed E-state index contributed by atoms with van der Waals surface area (Å²) < 4.78 is 2.06. The Bertz CT molecular complexity index is 1140. The molecule has 1 atom stereocenters. The molecule has 8 heteroatoms. The summed E-state index contributed by atoms with van der Waals surface area (Å²) in [7, 11) is 0. The summed E-state index contributed by atoms with van der Waals surface area (Å²) in [6.07, 6.45) is 1.43. The molecule has 0 spiro atoms. The molecule has 2 aliphatic rings. The second-order valence-electron chi connectivity index (χ2n) is 7.33. The summed E-state index contributed by atoms with van der Waals surface area (Å²) in [5, 5.41) is 0.723. The Kier molecular flexibility index (Phi) is 4.48. The number of para-hydroxylation sites is 2. The Hall–Kier alpha value is -2.57. The van der Waals surface area contributed by atoms with Crippen LogP contribution < -0.4 is 4.90 Å². The number of hydrogen-bond acceptors (Lipinski definition) is 3. The molecule has 0 aliphatic carbocycles. The highest BCUT2D eigenvalue weighted by Crippen LogP contribution is 2.31. The second kappa shape index (κ2) is 7.04. The van der Waals surface area contributed by atoms with Gasteiger partial charge in [0.25, 0.3) is 11.8 Å². The lowest BCUT2D eigenvalue weighted by atomic mass is 10.1. The fourth-order valence-electron chi connectivity index (χ4n) is 4.24. The lowest BCUT2D eigenvalue weighted by Crippen LogP contribution is -2.47. The number of imidazole rings is 1. The van der Waals surface area contributed by atoms with Crippen molar-refractivity contribution in [1.29, 1.82) is 0 Å². The Morgan fingerprint density at radius 1 is 1.00 bits per heavy atom. The first-order chi connectivity index (χ1) is 14.0. The van der Waals surface area contributed by atoms with E-state index >= 15 is 0 Å². The summed E-state index contributed by atoms with van der Waals surface area (Å²) in [5.41, 5.74) is 2.33. The molecular weight excluding hydrogens is 411 g/mol. The van der Waals surface area contributed by atoms with Crippen LogP contribution in [0.2, 0.25) is 10.0 Å². The van der Waals surface area contributed by atoms with Crippen molar-refractivity contribution in [3.05, 3.63) is 58.1 Å². The van der Waals surface area contributed by atoms with E-state index in [2.05, 4.69) is 9.55 Å². The molecule has 6 nitrogen and oxygen atoms in total. The fourth-order valence-corrected chi connectivity index (χ4v) is 4.54. The maximum atomic E-state index is 13.4. The predicted molar refractivity (Wildman–Crippen MR) is 113 cm³/mol. The molecule has 1 unspecified atom stereocenters. The minimum absolute atomic E-state index is 0.0787. The van der Waals surface area contributed by atoms with Gasteiger partial charge in [-0.3, -0.25) is 14.5 Å². The van der Waals surface area contributed by atoms with Gasteiger partial charge in [0.15, 0.2) is 0 Å². The lowest BCUT2D eigenvalue weighted by Gasteiger charge is -2.27. The number of likely N-dealkylation sites (tertiary alicyclic amines) is 1. The summed E-state index contributed by atoms with van der Waals surface area (Å²) in [5.74, 6) is 0.377. The van der Waals surface area contributed by atoms with Gasteiger partial charge in [0.05, 0.1) is 21.1 Å². The molecule has 3 heterocycles.